The number of esters is 1. The Morgan fingerprint density at radius 2 is 2.50 bits per heavy atom. The number of carbonyl (C=O) groups is 1. The molecule has 0 aromatic heterocycles. The molecular formula is C6H10O4. The number of hydrogen-bond acceptors (Lipinski definition) is 4. The van der Waals surface area contributed by atoms with Gasteiger partial charge >= 0.3 is 5.97 Å². The molecule has 0 aliphatic carbocycles. The Balaban J connectivity index is 2.42. The van der Waals surface area contributed by atoms with E-state index in [1.165, 1.54) is 0 Å². The first kappa shape index (κ1) is 7.50. The Labute approximate surface area is 58.7 Å². The molecule has 0 saturated carbocycles. The second-order valence-corrected chi connectivity index (χ2v) is 2.12. The number of carbonyl (C=O) groups excluding carboxylic acids is 1. The minimum atomic E-state index is -0.980. The molecule has 1 fully saturated rings. The summed E-state index contributed by atoms with van der Waals surface area (Å²) in [6.45, 7) is 1.82. The molecule has 1 rings (SSSR count). The van der Waals surface area contributed by atoms with Crippen molar-refractivity contribution in [3.8, 4) is 0 Å². The molecule has 0 spiro atoms. The van der Waals surface area contributed by atoms with E-state index >= 15 is 0 Å². The molecule has 1 heterocycles. The van der Waals surface area contributed by atoms with Gasteiger partial charge in [-0.2, -0.15) is 0 Å². The molecule has 0 bridgehead atoms. The number of aliphatic hydroxyl groups is 1. The molecule has 4 heteroatoms. The number of hydrogen-bond donors (Lipinski definition) is 1. The van der Waals surface area contributed by atoms with Crippen LogP contribution in [-0.2, 0) is 14.3 Å². The fourth-order valence-corrected chi connectivity index (χ4v) is 0.768. The van der Waals surface area contributed by atoms with Crippen molar-refractivity contribution in [2.24, 2.45) is 0 Å². The van der Waals surface area contributed by atoms with Gasteiger partial charge in [-0.15, -0.1) is 0 Å². The maximum Gasteiger partial charge on any atom is 0.313 e. The van der Waals surface area contributed by atoms with Crippen LogP contribution in [0.4, 0.5) is 0 Å². The van der Waals surface area contributed by atoms with Gasteiger partial charge in [0, 0.05) is 6.42 Å². The molecule has 10 heavy (non-hydrogen) atoms. The predicted octanol–water partition coefficient (Wildman–Crippen LogP) is 0.00440. The smallest absolute Gasteiger partial charge is 0.313 e. The van der Waals surface area contributed by atoms with Crippen LogP contribution < -0.4 is 0 Å². The minimum absolute atomic E-state index is 0.0590. The largest absolute Gasteiger partial charge is 0.436 e. The van der Waals surface area contributed by atoms with Crippen LogP contribution >= 0.6 is 0 Å². The quantitative estimate of drug-likeness (QED) is 0.529. The molecule has 2 atom stereocenters. The van der Waals surface area contributed by atoms with Gasteiger partial charge in [0.15, 0.2) is 6.29 Å². The summed E-state index contributed by atoms with van der Waals surface area (Å²) in [4.78, 5) is 10.6. The highest BCUT2D eigenvalue weighted by molar-refractivity contribution is 5.70. The van der Waals surface area contributed by atoms with Crippen LogP contribution in [0.3, 0.4) is 0 Å². The number of cyclic esters (lactones) is 1. The summed E-state index contributed by atoms with van der Waals surface area (Å²) in [5, 5.41) is 8.86. The number of aliphatic hydroxyl groups excluding tert-OH is 1. The maximum absolute atomic E-state index is 10.6. The molecule has 0 radical (unpaired) electrons. The van der Waals surface area contributed by atoms with E-state index in [1.54, 1.807) is 0 Å². The molecule has 0 aromatic carbocycles. The molecule has 0 amide bonds. The van der Waals surface area contributed by atoms with Gasteiger partial charge in [-0.25, -0.2) is 0 Å². The zero-order valence-corrected chi connectivity index (χ0v) is 5.74. The third kappa shape index (κ3) is 1.68. The van der Waals surface area contributed by atoms with Gasteiger partial charge in [0.1, 0.15) is 0 Å². The van der Waals surface area contributed by atoms with Crippen LogP contribution in [0.25, 0.3) is 0 Å². The predicted molar refractivity (Wildman–Crippen MR) is 31.9 cm³/mol. The van der Waals surface area contributed by atoms with E-state index in [1.807, 2.05) is 6.92 Å². The highest BCUT2D eigenvalue weighted by Crippen LogP contribution is 2.13. The lowest BCUT2D eigenvalue weighted by Crippen LogP contribution is -2.34. The highest BCUT2D eigenvalue weighted by Gasteiger charge is 2.25. The van der Waals surface area contributed by atoms with E-state index in [0.717, 1.165) is 0 Å². The van der Waals surface area contributed by atoms with Crippen LogP contribution in [0.1, 0.15) is 19.8 Å². The standard InChI is InChI=1S/C6H10O4/c1-2-6-9-4(7)3-5(8)10-6/h4,6-7H,2-3H2,1H3. The molecular weight excluding hydrogens is 136 g/mol. The van der Waals surface area contributed by atoms with Gasteiger partial charge in [-0.05, 0) is 0 Å². The van der Waals surface area contributed by atoms with Crippen molar-refractivity contribution in [2.45, 2.75) is 32.3 Å². The summed E-state index contributed by atoms with van der Waals surface area (Å²) in [7, 11) is 0. The van der Waals surface area contributed by atoms with Crippen molar-refractivity contribution in [3.05, 3.63) is 0 Å². The molecule has 58 valence electrons. The first-order chi connectivity index (χ1) is 4.72. The van der Waals surface area contributed by atoms with Crippen molar-refractivity contribution >= 4 is 5.97 Å². The van der Waals surface area contributed by atoms with Gasteiger partial charge in [0.25, 0.3) is 0 Å². The van der Waals surface area contributed by atoms with Crippen LogP contribution in [0.15, 0.2) is 0 Å². The first-order valence-corrected chi connectivity index (χ1v) is 3.25. The average Bonchev–Trinajstić information content (AvgIpc) is 1.85. The van der Waals surface area contributed by atoms with Crippen LogP contribution in [0, 0.1) is 0 Å². The van der Waals surface area contributed by atoms with Gasteiger partial charge < -0.3 is 14.6 Å². The lowest BCUT2D eigenvalue weighted by atomic mass is 10.3. The van der Waals surface area contributed by atoms with Crippen molar-refractivity contribution in [1.82, 2.24) is 0 Å². The van der Waals surface area contributed by atoms with Crippen molar-refractivity contribution < 1.29 is 19.4 Å². The fourth-order valence-electron chi connectivity index (χ4n) is 0.768. The first-order valence-electron chi connectivity index (χ1n) is 3.25. The molecule has 1 aliphatic heterocycles. The van der Waals surface area contributed by atoms with Gasteiger partial charge in [0.05, 0.1) is 6.42 Å². The molecule has 1 saturated heterocycles. The van der Waals surface area contributed by atoms with E-state index in [4.69, 9.17) is 9.84 Å². The SMILES string of the molecule is CCC1OC(=O)CC(O)O1. The second kappa shape index (κ2) is 2.98. The van der Waals surface area contributed by atoms with E-state index in [2.05, 4.69) is 4.74 Å². The summed E-state index contributed by atoms with van der Waals surface area (Å²) in [6, 6.07) is 0. The van der Waals surface area contributed by atoms with E-state index in [0.29, 0.717) is 6.42 Å². The van der Waals surface area contributed by atoms with Crippen molar-refractivity contribution in [1.29, 1.82) is 0 Å². The zero-order valence-electron chi connectivity index (χ0n) is 5.74. The van der Waals surface area contributed by atoms with E-state index in [-0.39, 0.29) is 6.42 Å². The Bertz CT molecular complexity index is 134. The summed E-state index contributed by atoms with van der Waals surface area (Å²) in [5.74, 6) is -0.398. The molecule has 0 aromatic rings. The maximum atomic E-state index is 10.6. The Morgan fingerprint density at radius 1 is 1.80 bits per heavy atom. The number of ether oxygens (including phenoxy) is 2. The fraction of sp³-hybridized carbons (Fsp3) is 0.833. The average molecular weight is 146 g/mol. The monoisotopic (exact) mass is 146 g/mol. The third-order valence-corrected chi connectivity index (χ3v) is 1.25. The second-order valence-electron chi connectivity index (χ2n) is 2.12. The highest BCUT2D eigenvalue weighted by atomic mass is 16.8. The lowest BCUT2D eigenvalue weighted by Gasteiger charge is -2.25. The molecule has 1 aliphatic rings. The van der Waals surface area contributed by atoms with Crippen LogP contribution in [0.2, 0.25) is 0 Å². The van der Waals surface area contributed by atoms with Gasteiger partial charge in [0.2, 0.25) is 6.29 Å². The van der Waals surface area contributed by atoms with Crippen molar-refractivity contribution in [3.63, 3.8) is 0 Å². The Kier molecular flexibility index (Phi) is 2.24. The Hall–Kier alpha value is -0.610. The third-order valence-electron chi connectivity index (χ3n) is 1.25. The van der Waals surface area contributed by atoms with Crippen LogP contribution in [0.5, 0.6) is 0 Å². The molecule has 4 nitrogen and oxygen atoms in total. The summed E-state index contributed by atoms with van der Waals surface area (Å²) >= 11 is 0. The Morgan fingerprint density at radius 3 is 3.00 bits per heavy atom. The minimum Gasteiger partial charge on any atom is -0.436 e. The van der Waals surface area contributed by atoms with Gasteiger partial charge in [-0.3, -0.25) is 4.79 Å². The number of rotatable bonds is 1. The lowest BCUT2D eigenvalue weighted by molar-refractivity contribution is -0.256. The topological polar surface area (TPSA) is 55.8 Å². The zero-order chi connectivity index (χ0) is 7.56. The van der Waals surface area contributed by atoms with Crippen LogP contribution in [-0.4, -0.2) is 23.7 Å². The van der Waals surface area contributed by atoms with Crippen molar-refractivity contribution in [2.75, 3.05) is 0 Å². The van der Waals surface area contributed by atoms with E-state index in [9.17, 15) is 4.79 Å². The summed E-state index contributed by atoms with van der Waals surface area (Å²) in [6.07, 6.45) is -1.03. The normalized spacial score (nSPS) is 33.6. The summed E-state index contributed by atoms with van der Waals surface area (Å²) < 4.78 is 9.50. The van der Waals surface area contributed by atoms with Gasteiger partial charge in [-0.1, -0.05) is 6.92 Å². The van der Waals surface area contributed by atoms with E-state index < -0.39 is 18.5 Å². The molecule has 2 unspecified atom stereocenters. The summed E-state index contributed by atoms with van der Waals surface area (Å²) in [5.41, 5.74) is 0. The molecule has 1 N–H and O–H groups in total.